The van der Waals surface area contributed by atoms with Gasteiger partial charge in [-0.25, -0.2) is 4.68 Å². The summed E-state index contributed by atoms with van der Waals surface area (Å²) in [6.07, 6.45) is 2.38. The molecule has 1 fully saturated rings. The molecule has 0 spiro atoms. The third-order valence-corrected chi connectivity index (χ3v) is 5.26. The summed E-state index contributed by atoms with van der Waals surface area (Å²) < 4.78 is 8.64. The maximum absolute atomic E-state index is 6.07. The molecule has 0 amide bonds. The molecule has 2 aromatic carbocycles. The summed E-state index contributed by atoms with van der Waals surface area (Å²) in [4.78, 5) is 2.36. The largest absolute Gasteiger partial charge is 0.373 e. The highest BCUT2D eigenvalue weighted by molar-refractivity contribution is 7.71. The summed E-state index contributed by atoms with van der Waals surface area (Å²) >= 11 is 5.59. The third-order valence-electron chi connectivity index (χ3n) is 4.83. The van der Waals surface area contributed by atoms with Crippen molar-refractivity contribution in [1.82, 2.24) is 19.9 Å². The minimum Gasteiger partial charge on any atom is -0.373 e. The minimum atomic E-state index is 0.321. The molecule has 5 nitrogen and oxygen atoms in total. The van der Waals surface area contributed by atoms with Gasteiger partial charge in [-0.05, 0) is 30.5 Å². The van der Waals surface area contributed by atoms with E-state index in [1.54, 1.807) is 0 Å². The molecule has 0 saturated carbocycles. The van der Waals surface area contributed by atoms with Crippen molar-refractivity contribution in [3.63, 3.8) is 0 Å². The van der Waals surface area contributed by atoms with Crippen molar-refractivity contribution >= 4 is 23.1 Å². The Balaban J connectivity index is 1.33. The van der Waals surface area contributed by atoms with Crippen LogP contribution in [0.25, 0.3) is 10.9 Å². The van der Waals surface area contributed by atoms with Crippen molar-refractivity contribution in [3.8, 4) is 0 Å². The van der Waals surface area contributed by atoms with E-state index in [4.69, 9.17) is 17.0 Å². The van der Waals surface area contributed by atoms with Gasteiger partial charge < -0.3 is 4.74 Å². The Morgan fingerprint density at radius 2 is 1.73 bits per heavy atom. The number of piperidine rings is 1. The predicted octanol–water partition coefficient (Wildman–Crippen LogP) is 3.80. The van der Waals surface area contributed by atoms with E-state index in [1.165, 1.54) is 5.56 Å². The van der Waals surface area contributed by atoms with Crippen LogP contribution >= 0.6 is 12.2 Å². The van der Waals surface area contributed by atoms with Gasteiger partial charge in [0.15, 0.2) is 0 Å². The molecule has 134 valence electrons. The van der Waals surface area contributed by atoms with E-state index in [0.717, 1.165) is 41.5 Å². The van der Waals surface area contributed by atoms with E-state index in [1.807, 2.05) is 35.0 Å². The quantitative estimate of drug-likeness (QED) is 0.643. The van der Waals surface area contributed by atoms with Crippen LogP contribution in [0.5, 0.6) is 0 Å². The van der Waals surface area contributed by atoms with Crippen LogP contribution in [0.2, 0.25) is 0 Å². The number of rotatable bonds is 5. The zero-order valence-corrected chi connectivity index (χ0v) is 15.4. The zero-order chi connectivity index (χ0) is 17.8. The number of hydrogen-bond acceptors (Lipinski definition) is 5. The van der Waals surface area contributed by atoms with Crippen molar-refractivity contribution in [2.45, 2.75) is 32.2 Å². The van der Waals surface area contributed by atoms with Gasteiger partial charge in [-0.3, -0.25) is 4.90 Å². The van der Waals surface area contributed by atoms with Crippen LogP contribution in [-0.2, 0) is 18.0 Å². The standard InChI is InChI=1S/C20H22N4OS/c26-20-18-8-4-5-9-19(18)21-22-24(20)15-23-12-10-17(11-13-23)25-14-16-6-2-1-3-7-16/h1-9,17H,10-15H2. The van der Waals surface area contributed by atoms with Crippen LogP contribution in [0.1, 0.15) is 18.4 Å². The van der Waals surface area contributed by atoms with Gasteiger partial charge in [-0.2, -0.15) is 0 Å². The number of fused-ring (bicyclic) bond motifs is 1. The van der Waals surface area contributed by atoms with Gasteiger partial charge in [0.1, 0.15) is 4.64 Å². The first kappa shape index (κ1) is 17.3. The average Bonchev–Trinajstić information content (AvgIpc) is 2.70. The van der Waals surface area contributed by atoms with Gasteiger partial charge in [0.25, 0.3) is 0 Å². The van der Waals surface area contributed by atoms with E-state index in [0.29, 0.717) is 19.4 Å². The van der Waals surface area contributed by atoms with Gasteiger partial charge in [0, 0.05) is 18.5 Å². The van der Waals surface area contributed by atoms with Gasteiger partial charge >= 0.3 is 0 Å². The average molecular weight is 366 g/mol. The third kappa shape index (κ3) is 3.98. The fourth-order valence-corrected chi connectivity index (χ4v) is 3.58. The molecule has 0 bridgehead atoms. The minimum absolute atomic E-state index is 0.321. The lowest BCUT2D eigenvalue weighted by Gasteiger charge is -2.31. The molecule has 0 atom stereocenters. The molecule has 0 aliphatic carbocycles. The van der Waals surface area contributed by atoms with Crippen LogP contribution in [0.4, 0.5) is 0 Å². The second-order valence-corrected chi connectivity index (χ2v) is 7.05. The molecule has 26 heavy (non-hydrogen) atoms. The Hall–Kier alpha value is -2.15. The van der Waals surface area contributed by atoms with Gasteiger partial charge in [-0.15, -0.1) is 5.10 Å². The van der Waals surface area contributed by atoms with E-state index < -0.39 is 0 Å². The molecule has 1 saturated heterocycles. The molecule has 1 aliphatic heterocycles. The Kier molecular flexibility index (Phi) is 5.34. The van der Waals surface area contributed by atoms with Gasteiger partial charge in [0.2, 0.25) is 0 Å². The molecule has 3 aromatic rings. The molecule has 0 unspecified atom stereocenters. The molecule has 0 N–H and O–H groups in total. The van der Waals surface area contributed by atoms with Crippen molar-refractivity contribution in [3.05, 3.63) is 64.8 Å². The fraction of sp³-hybridized carbons (Fsp3) is 0.350. The summed E-state index contributed by atoms with van der Waals surface area (Å²) in [5.74, 6) is 0. The number of aromatic nitrogens is 3. The first-order valence-corrected chi connectivity index (χ1v) is 9.41. The summed E-state index contributed by atoms with van der Waals surface area (Å²) in [7, 11) is 0. The van der Waals surface area contributed by atoms with Crippen LogP contribution in [-0.4, -0.2) is 39.1 Å². The van der Waals surface area contributed by atoms with Crippen molar-refractivity contribution < 1.29 is 4.74 Å². The highest BCUT2D eigenvalue weighted by Gasteiger charge is 2.20. The number of hydrogen-bond donors (Lipinski definition) is 0. The molecule has 1 aliphatic rings. The molecular weight excluding hydrogens is 344 g/mol. The van der Waals surface area contributed by atoms with Gasteiger partial charge in [-0.1, -0.05) is 59.9 Å². The second-order valence-electron chi connectivity index (χ2n) is 6.67. The molecule has 1 aromatic heterocycles. The van der Waals surface area contributed by atoms with E-state index in [-0.39, 0.29) is 0 Å². The maximum Gasteiger partial charge on any atom is 0.135 e. The number of nitrogens with zero attached hydrogens (tertiary/aromatic N) is 4. The maximum atomic E-state index is 6.07. The number of benzene rings is 2. The lowest BCUT2D eigenvalue weighted by molar-refractivity contribution is -0.00941. The summed E-state index contributed by atoms with van der Waals surface area (Å²) in [5, 5.41) is 9.55. The predicted molar refractivity (Wildman–Crippen MR) is 104 cm³/mol. The van der Waals surface area contributed by atoms with E-state index in [2.05, 4.69) is 39.5 Å². The first-order valence-electron chi connectivity index (χ1n) is 9.00. The Bertz CT molecular complexity index is 920. The zero-order valence-electron chi connectivity index (χ0n) is 14.6. The lowest BCUT2D eigenvalue weighted by Crippen LogP contribution is -2.38. The van der Waals surface area contributed by atoms with E-state index >= 15 is 0 Å². The van der Waals surface area contributed by atoms with Crippen molar-refractivity contribution in [2.24, 2.45) is 0 Å². The van der Waals surface area contributed by atoms with Gasteiger partial charge in [0.05, 0.1) is 24.9 Å². The highest BCUT2D eigenvalue weighted by atomic mass is 32.1. The lowest BCUT2D eigenvalue weighted by atomic mass is 10.1. The van der Waals surface area contributed by atoms with Crippen LogP contribution in [0, 0.1) is 4.64 Å². The molecule has 4 rings (SSSR count). The Labute approximate surface area is 158 Å². The summed E-state index contributed by atoms with van der Waals surface area (Å²) in [6, 6.07) is 18.2. The second kappa shape index (κ2) is 8.03. The summed E-state index contributed by atoms with van der Waals surface area (Å²) in [5.41, 5.74) is 2.08. The first-order chi connectivity index (χ1) is 12.8. The molecule has 0 radical (unpaired) electrons. The smallest absolute Gasteiger partial charge is 0.135 e. The summed E-state index contributed by atoms with van der Waals surface area (Å²) in [6.45, 7) is 3.33. The monoisotopic (exact) mass is 366 g/mol. The number of likely N-dealkylation sites (tertiary alicyclic amines) is 1. The van der Waals surface area contributed by atoms with Crippen LogP contribution < -0.4 is 0 Å². The number of ether oxygens (including phenoxy) is 1. The highest BCUT2D eigenvalue weighted by Crippen LogP contribution is 2.17. The normalized spacial score (nSPS) is 16.2. The topological polar surface area (TPSA) is 43.2 Å². The van der Waals surface area contributed by atoms with Crippen LogP contribution in [0.15, 0.2) is 54.6 Å². The molecular formula is C20H22N4OS. The van der Waals surface area contributed by atoms with Crippen molar-refractivity contribution in [1.29, 1.82) is 0 Å². The Morgan fingerprint density at radius 3 is 2.54 bits per heavy atom. The molecule has 2 heterocycles. The van der Waals surface area contributed by atoms with Crippen LogP contribution in [0.3, 0.4) is 0 Å². The fourth-order valence-electron chi connectivity index (χ4n) is 3.31. The van der Waals surface area contributed by atoms with E-state index in [9.17, 15) is 0 Å². The van der Waals surface area contributed by atoms with Crippen molar-refractivity contribution in [2.75, 3.05) is 13.1 Å². The Morgan fingerprint density at radius 1 is 1.00 bits per heavy atom. The molecule has 6 heteroatoms. The SMILES string of the molecule is S=c1c2ccccc2nnn1CN1CCC(OCc2ccccc2)CC1.